The Morgan fingerprint density at radius 1 is 1.13 bits per heavy atom. The lowest BCUT2D eigenvalue weighted by atomic mass is 9.63. The van der Waals surface area contributed by atoms with Crippen molar-refractivity contribution in [1.29, 1.82) is 0 Å². The molecule has 4 aromatic rings. The second-order valence-corrected chi connectivity index (χ2v) is 10.4. The number of carbonyl (C=O) groups is 2. The van der Waals surface area contributed by atoms with Crippen LogP contribution in [-0.4, -0.2) is 40.5 Å². The fraction of sp³-hybridized carbons (Fsp3) is 0.267. The number of ether oxygens (including phenoxy) is 1. The molecule has 3 N–H and O–H groups in total. The third-order valence-corrected chi connectivity index (χ3v) is 7.88. The summed E-state index contributed by atoms with van der Waals surface area (Å²) in [5.74, 6) is -1.40. The number of hydrogen-bond donors (Lipinski definition) is 3. The Labute approximate surface area is 229 Å². The summed E-state index contributed by atoms with van der Waals surface area (Å²) in [6, 6.07) is 14.6. The first-order chi connectivity index (χ1) is 18.6. The van der Waals surface area contributed by atoms with Crippen molar-refractivity contribution in [2.45, 2.75) is 38.0 Å². The summed E-state index contributed by atoms with van der Waals surface area (Å²) in [5.41, 5.74) is 3.82. The number of hydrogen-bond acceptors (Lipinski definition) is 4. The van der Waals surface area contributed by atoms with Crippen LogP contribution in [0.3, 0.4) is 0 Å². The molecule has 0 radical (unpaired) electrons. The molecular weight excluding hydrogens is 523 g/mol. The van der Waals surface area contributed by atoms with Crippen LogP contribution in [0.5, 0.6) is 5.75 Å². The predicted molar refractivity (Wildman–Crippen MR) is 148 cm³/mol. The molecule has 9 heteroatoms. The number of aryl methyl sites for hydroxylation is 1. The molecule has 1 aliphatic carbocycles. The lowest BCUT2D eigenvalue weighted by Gasteiger charge is -2.43. The van der Waals surface area contributed by atoms with Gasteiger partial charge in [-0.2, -0.15) is 0 Å². The largest absolute Gasteiger partial charge is 0.507 e. The lowest BCUT2D eigenvalue weighted by molar-refractivity contribution is 0.0696. The summed E-state index contributed by atoms with van der Waals surface area (Å²) in [7, 11) is 1.50. The third kappa shape index (κ3) is 4.69. The van der Waals surface area contributed by atoms with E-state index in [0.29, 0.717) is 39.2 Å². The van der Waals surface area contributed by atoms with Gasteiger partial charge in [0.2, 0.25) is 0 Å². The van der Waals surface area contributed by atoms with E-state index in [0.717, 1.165) is 30.5 Å². The number of alkyl carbamates (subject to hydrolysis) is 1. The number of aromatic hydroxyl groups is 1. The molecule has 0 bridgehead atoms. The van der Waals surface area contributed by atoms with Gasteiger partial charge < -0.3 is 24.8 Å². The Hall–Kier alpha value is -4.04. The van der Waals surface area contributed by atoms with Gasteiger partial charge in [-0.3, -0.25) is 0 Å². The van der Waals surface area contributed by atoms with E-state index in [1.54, 1.807) is 37.3 Å². The maximum absolute atomic E-state index is 14.3. The number of carbonyl (C=O) groups excluding carboxylic acids is 1. The van der Waals surface area contributed by atoms with Gasteiger partial charge in [-0.1, -0.05) is 30.2 Å². The molecule has 1 fully saturated rings. The minimum atomic E-state index is -1.04. The van der Waals surface area contributed by atoms with Crippen molar-refractivity contribution in [1.82, 2.24) is 9.88 Å². The fourth-order valence-corrected chi connectivity index (χ4v) is 5.79. The quantitative estimate of drug-likeness (QED) is 0.231. The zero-order valence-corrected chi connectivity index (χ0v) is 22.3. The van der Waals surface area contributed by atoms with Gasteiger partial charge in [0.15, 0.2) is 0 Å². The van der Waals surface area contributed by atoms with Crippen molar-refractivity contribution >= 4 is 34.6 Å². The molecule has 1 saturated carbocycles. The second-order valence-electron chi connectivity index (χ2n) is 9.96. The van der Waals surface area contributed by atoms with Crippen LogP contribution < -0.4 is 5.32 Å². The highest BCUT2D eigenvalue weighted by Crippen LogP contribution is 2.54. The molecule has 0 unspecified atom stereocenters. The van der Waals surface area contributed by atoms with Crippen molar-refractivity contribution in [3.05, 3.63) is 82.3 Å². The van der Waals surface area contributed by atoms with Crippen molar-refractivity contribution in [3.63, 3.8) is 0 Å². The van der Waals surface area contributed by atoms with Crippen LogP contribution in [0.2, 0.25) is 5.02 Å². The van der Waals surface area contributed by atoms with E-state index >= 15 is 0 Å². The number of halogens is 2. The lowest BCUT2D eigenvalue weighted by Crippen LogP contribution is -2.38. The van der Waals surface area contributed by atoms with Crippen LogP contribution in [0.4, 0.5) is 9.18 Å². The number of benzene rings is 3. The number of fused-ring (bicyclic) bond motifs is 1. The maximum Gasteiger partial charge on any atom is 0.406 e. The standard InChI is InChI=1S/C30H28ClFN2O5/c1-17-14-21(8-9-22(17)32)34-23-15-20(31)16-24(35)26(23)25(18-4-6-19(7-5-18)28(36)37)27(34)30(10-3-11-30)12-13-39-29(38)33-2/h4-9,14-16,35H,3,10-13H2,1-2H3,(H,33,38)(H,36,37). The molecule has 1 heterocycles. The molecule has 0 aliphatic heterocycles. The van der Waals surface area contributed by atoms with Crippen LogP contribution >= 0.6 is 11.6 Å². The van der Waals surface area contributed by atoms with Crippen molar-refractivity contribution in [3.8, 4) is 22.6 Å². The fourth-order valence-electron chi connectivity index (χ4n) is 5.58. The third-order valence-electron chi connectivity index (χ3n) is 7.66. The normalized spacial score (nSPS) is 14.2. The molecular formula is C30H28ClFN2O5. The maximum atomic E-state index is 14.3. The molecule has 202 valence electrons. The minimum Gasteiger partial charge on any atom is -0.507 e. The number of aromatic nitrogens is 1. The SMILES string of the molecule is CNC(=O)OCCC1(c2c(-c3ccc(C(=O)O)cc3)c3c(O)cc(Cl)cc3n2-c2ccc(F)c(C)c2)CCC1. The molecule has 0 atom stereocenters. The molecule has 1 aromatic heterocycles. The first-order valence-electron chi connectivity index (χ1n) is 12.7. The molecule has 39 heavy (non-hydrogen) atoms. The Bertz CT molecular complexity index is 1590. The minimum absolute atomic E-state index is 0.0234. The van der Waals surface area contributed by atoms with Gasteiger partial charge in [0.05, 0.1) is 23.1 Å². The van der Waals surface area contributed by atoms with Crippen LogP contribution in [-0.2, 0) is 10.2 Å². The van der Waals surface area contributed by atoms with Crippen LogP contribution in [0, 0.1) is 12.7 Å². The zero-order chi connectivity index (χ0) is 27.9. The molecule has 0 spiro atoms. The van der Waals surface area contributed by atoms with Gasteiger partial charge in [-0.25, -0.2) is 14.0 Å². The number of rotatable bonds is 7. The van der Waals surface area contributed by atoms with E-state index < -0.39 is 17.5 Å². The summed E-state index contributed by atoms with van der Waals surface area (Å²) >= 11 is 6.44. The number of phenols is 1. The zero-order valence-electron chi connectivity index (χ0n) is 21.6. The molecule has 3 aromatic carbocycles. The highest BCUT2D eigenvalue weighted by atomic mass is 35.5. The number of phenolic OH excluding ortho intramolecular Hbond substituents is 1. The summed E-state index contributed by atoms with van der Waals surface area (Å²) < 4.78 is 21.7. The summed E-state index contributed by atoms with van der Waals surface area (Å²) in [5, 5.41) is 24.0. The Morgan fingerprint density at radius 2 is 1.85 bits per heavy atom. The van der Waals surface area contributed by atoms with E-state index in [2.05, 4.69) is 5.32 Å². The molecule has 7 nitrogen and oxygen atoms in total. The molecule has 0 saturated heterocycles. The van der Waals surface area contributed by atoms with E-state index in [-0.39, 0.29) is 23.7 Å². The van der Waals surface area contributed by atoms with Gasteiger partial charge in [0, 0.05) is 34.4 Å². The van der Waals surface area contributed by atoms with E-state index in [1.807, 2.05) is 4.57 Å². The smallest absolute Gasteiger partial charge is 0.406 e. The van der Waals surface area contributed by atoms with Gasteiger partial charge in [-0.05, 0) is 79.8 Å². The van der Waals surface area contributed by atoms with Gasteiger partial charge in [0.25, 0.3) is 0 Å². The molecule has 1 aliphatic rings. The summed E-state index contributed by atoms with van der Waals surface area (Å²) in [6.07, 6.45) is 2.55. The highest BCUT2D eigenvalue weighted by Gasteiger charge is 2.44. The topological polar surface area (TPSA) is 101 Å². The van der Waals surface area contributed by atoms with Gasteiger partial charge in [0.1, 0.15) is 11.6 Å². The number of aromatic carboxylic acids is 1. The van der Waals surface area contributed by atoms with Gasteiger partial charge in [-0.15, -0.1) is 0 Å². The van der Waals surface area contributed by atoms with Crippen molar-refractivity contribution in [2.24, 2.45) is 0 Å². The Kier molecular flexibility index (Phi) is 6.99. The van der Waals surface area contributed by atoms with Crippen LogP contribution in [0.1, 0.15) is 47.3 Å². The Morgan fingerprint density at radius 3 is 2.44 bits per heavy atom. The van der Waals surface area contributed by atoms with E-state index in [1.165, 1.54) is 31.3 Å². The average molecular weight is 551 g/mol. The summed E-state index contributed by atoms with van der Waals surface area (Å²) in [6.45, 7) is 1.87. The van der Waals surface area contributed by atoms with Gasteiger partial charge >= 0.3 is 12.1 Å². The molecule has 1 amide bonds. The number of carboxylic acids is 1. The monoisotopic (exact) mass is 550 g/mol. The van der Waals surface area contributed by atoms with E-state index in [9.17, 15) is 24.2 Å². The Balaban J connectivity index is 1.84. The summed E-state index contributed by atoms with van der Waals surface area (Å²) in [4.78, 5) is 23.4. The number of nitrogens with one attached hydrogen (secondary N) is 1. The van der Waals surface area contributed by atoms with Crippen LogP contribution in [0.15, 0.2) is 54.6 Å². The van der Waals surface area contributed by atoms with Crippen molar-refractivity contribution in [2.75, 3.05) is 13.7 Å². The van der Waals surface area contributed by atoms with Crippen molar-refractivity contribution < 1.29 is 28.9 Å². The first-order valence-corrected chi connectivity index (χ1v) is 13.0. The first kappa shape index (κ1) is 26.6. The predicted octanol–water partition coefficient (Wildman–Crippen LogP) is 6.97. The van der Waals surface area contributed by atoms with E-state index in [4.69, 9.17) is 16.3 Å². The average Bonchev–Trinajstić information content (AvgIpc) is 3.22. The number of carboxylic acid groups (broad SMARTS) is 1. The van der Waals surface area contributed by atoms with Crippen LogP contribution in [0.25, 0.3) is 27.7 Å². The number of amides is 1. The second kappa shape index (κ2) is 10.3. The molecule has 5 rings (SSSR count). The number of nitrogens with zero attached hydrogens (tertiary/aromatic N) is 1. The highest BCUT2D eigenvalue weighted by molar-refractivity contribution is 6.31.